The van der Waals surface area contributed by atoms with Crippen molar-refractivity contribution in [2.24, 2.45) is 5.92 Å². The molecule has 0 saturated carbocycles. The number of piperidine rings is 1. The van der Waals surface area contributed by atoms with Gasteiger partial charge in [0.15, 0.2) is 5.11 Å². The van der Waals surface area contributed by atoms with Crippen LogP contribution >= 0.6 is 12.2 Å². The fourth-order valence-electron chi connectivity index (χ4n) is 5.53. The Kier molecular flexibility index (Phi) is 6.58. The molecule has 2 aliphatic heterocycles. The fraction of sp³-hybridized carbons (Fsp3) is 0.310. The van der Waals surface area contributed by atoms with Crippen molar-refractivity contribution >= 4 is 34.6 Å². The summed E-state index contributed by atoms with van der Waals surface area (Å²) in [7, 11) is 0. The highest BCUT2D eigenvalue weighted by atomic mass is 32.1. The largest absolute Gasteiger partial charge is 0.380 e. The van der Waals surface area contributed by atoms with Gasteiger partial charge in [0.2, 0.25) is 5.91 Å². The zero-order valence-electron chi connectivity index (χ0n) is 20.0. The number of benzene rings is 3. The summed E-state index contributed by atoms with van der Waals surface area (Å²) >= 11 is 5.76. The molecule has 6 heteroatoms. The van der Waals surface area contributed by atoms with E-state index in [1.165, 1.54) is 5.56 Å². The SMILES string of the molecule is CC(=O)N1CCc2cc(NC(=S)N3CCC(C(O)(c4ccccc4)c4ccccc4)CC3)ccc21. The molecular weight excluding hydrogens is 454 g/mol. The number of fused-ring (bicyclic) bond motifs is 1. The molecule has 180 valence electrons. The lowest BCUT2D eigenvalue weighted by Gasteiger charge is -2.43. The van der Waals surface area contributed by atoms with Gasteiger partial charge in [0.1, 0.15) is 5.60 Å². The summed E-state index contributed by atoms with van der Waals surface area (Å²) < 4.78 is 0. The summed E-state index contributed by atoms with van der Waals surface area (Å²) in [6.45, 7) is 3.90. The van der Waals surface area contributed by atoms with Crippen LogP contribution in [0.25, 0.3) is 0 Å². The number of nitrogens with zero attached hydrogens (tertiary/aromatic N) is 2. The van der Waals surface area contributed by atoms with Crippen LogP contribution in [0.15, 0.2) is 78.9 Å². The smallest absolute Gasteiger partial charge is 0.223 e. The quantitative estimate of drug-likeness (QED) is 0.513. The second-order valence-corrected chi connectivity index (χ2v) is 9.84. The van der Waals surface area contributed by atoms with Gasteiger partial charge >= 0.3 is 0 Å². The van der Waals surface area contributed by atoms with Crippen LogP contribution in [0.4, 0.5) is 11.4 Å². The molecule has 2 N–H and O–H groups in total. The lowest BCUT2D eigenvalue weighted by Crippen LogP contribution is -2.47. The lowest BCUT2D eigenvalue weighted by atomic mass is 9.72. The molecular formula is C29H31N3O2S. The average Bonchev–Trinajstić information content (AvgIpc) is 3.33. The third kappa shape index (κ3) is 4.56. The standard InChI is InChI=1S/C29H31N3O2S/c1-21(33)32-19-14-22-20-26(12-13-27(22)32)30-28(35)31-17-15-25(16-18-31)29(34,23-8-4-2-5-9-23)24-10-6-3-7-11-24/h2-13,20,25,34H,14-19H2,1H3,(H,30,35). The Balaban J connectivity index is 1.27. The fourth-order valence-corrected chi connectivity index (χ4v) is 5.83. The van der Waals surface area contributed by atoms with E-state index in [4.69, 9.17) is 12.2 Å². The first-order valence-corrected chi connectivity index (χ1v) is 12.7. The van der Waals surface area contributed by atoms with E-state index < -0.39 is 5.60 Å². The molecule has 5 rings (SSSR count). The first-order chi connectivity index (χ1) is 17.0. The van der Waals surface area contributed by atoms with Gasteiger partial charge in [-0.05, 0) is 72.3 Å². The summed E-state index contributed by atoms with van der Waals surface area (Å²) in [5, 5.41) is 16.2. The van der Waals surface area contributed by atoms with Crippen molar-refractivity contribution in [3.8, 4) is 0 Å². The second kappa shape index (κ2) is 9.80. The number of hydrogen-bond donors (Lipinski definition) is 2. The van der Waals surface area contributed by atoms with E-state index in [1.54, 1.807) is 6.92 Å². The number of carbonyl (C=O) groups excluding carboxylic acids is 1. The highest BCUT2D eigenvalue weighted by Crippen LogP contribution is 2.42. The number of amides is 1. The molecule has 2 heterocycles. The van der Waals surface area contributed by atoms with E-state index in [1.807, 2.05) is 77.7 Å². The van der Waals surface area contributed by atoms with Crippen LogP contribution < -0.4 is 10.2 Å². The summed E-state index contributed by atoms with van der Waals surface area (Å²) in [5.41, 5.74) is 3.95. The number of nitrogens with one attached hydrogen (secondary N) is 1. The molecule has 3 aromatic carbocycles. The summed E-state index contributed by atoms with van der Waals surface area (Å²) in [6.07, 6.45) is 2.53. The van der Waals surface area contributed by atoms with Crippen molar-refractivity contribution in [3.05, 3.63) is 95.6 Å². The molecule has 0 bridgehead atoms. The molecule has 0 aromatic heterocycles. The van der Waals surface area contributed by atoms with E-state index >= 15 is 0 Å². The number of anilines is 2. The van der Waals surface area contributed by atoms with Crippen molar-refractivity contribution in [1.29, 1.82) is 0 Å². The van der Waals surface area contributed by atoms with Crippen LogP contribution in [0, 0.1) is 5.92 Å². The van der Waals surface area contributed by atoms with E-state index in [-0.39, 0.29) is 11.8 Å². The molecule has 5 nitrogen and oxygen atoms in total. The molecule has 35 heavy (non-hydrogen) atoms. The molecule has 1 amide bonds. The van der Waals surface area contributed by atoms with E-state index in [2.05, 4.69) is 16.3 Å². The van der Waals surface area contributed by atoms with E-state index in [9.17, 15) is 9.90 Å². The molecule has 1 fully saturated rings. The first-order valence-electron chi connectivity index (χ1n) is 12.3. The molecule has 2 aliphatic rings. The van der Waals surface area contributed by atoms with E-state index in [0.717, 1.165) is 61.4 Å². The van der Waals surface area contributed by atoms with Crippen LogP contribution in [0.1, 0.15) is 36.5 Å². The molecule has 0 atom stereocenters. The predicted octanol–water partition coefficient (Wildman–Crippen LogP) is 4.94. The van der Waals surface area contributed by atoms with Crippen LogP contribution in [0.3, 0.4) is 0 Å². The zero-order valence-corrected chi connectivity index (χ0v) is 20.8. The van der Waals surface area contributed by atoms with Crippen LogP contribution in [0.5, 0.6) is 0 Å². The zero-order chi connectivity index (χ0) is 24.4. The van der Waals surface area contributed by atoms with Gasteiger partial charge in [-0.1, -0.05) is 60.7 Å². The van der Waals surface area contributed by atoms with Gasteiger partial charge in [0.25, 0.3) is 0 Å². The summed E-state index contributed by atoms with van der Waals surface area (Å²) in [4.78, 5) is 15.8. The number of thiocarbonyl (C=S) groups is 1. The van der Waals surface area contributed by atoms with Gasteiger partial charge in [-0.15, -0.1) is 0 Å². The molecule has 0 aliphatic carbocycles. The highest BCUT2D eigenvalue weighted by Gasteiger charge is 2.41. The normalized spacial score (nSPS) is 16.2. The molecule has 0 unspecified atom stereocenters. The molecule has 0 spiro atoms. The minimum Gasteiger partial charge on any atom is -0.380 e. The monoisotopic (exact) mass is 485 g/mol. The Morgan fingerprint density at radius 3 is 2.11 bits per heavy atom. The number of aliphatic hydroxyl groups is 1. The Labute approximate surface area is 212 Å². The predicted molar refractivity (Wildman–Crippen MR) is 145 cm³/mol. The van der Waals surface area contributed by atoms with Gasteiger partial charge in [-0.3, -0.25) is 4.79 Å². The first kappa shape index (κ1) is 23.5. The summed E-state index contributed by atoms with van der Waals surface area (Å²) in [6, 6.07) is 26.1. The maximum Gasteiger partial charge on any atom is 0.223 e. The van der Waals surface area contributed by atoms with Crippen LogP contribution in [-0.2, 0) is 16.8 Å². The lowest BCUT2D eigenvalue weighted by molar-refractivity contribution is -0.116. The second-order valence-electron chi connectivity index (χ2n) is 9.45. The Bertz CT molecular complexity index is 1170. The summed E-state index contributed by atoms with van der Waals surface area (Å²) in [5.74, 6) is 0.165. The van der Waals surface area contributed by atoms with Crippen molar-refractivity contribution in [2.75, 3.05) is 29.9 Å². The topological polar surface area (TPSA) is 55.8 Å². The Hall–Kier alpha value is -3.22. The van der Waals surface area contributed by atoms with Crippen molar-refractivity contribution in [1.82, 2.24) is 4.90 Å². The van der Waals surface area contributed by atoms with Gasteiger partial charge < -0.3 is 20.2 Å². The van der Waals surface area contributed by atoms with Gasteiger partial charge in [-0.25, -0.2) is 0 Å². The average molecular weight is 486 g/mol. The minimum absolute atomic E-state index is 0.0776. The minimum atomic E-state index is -1.04. The third-order valence-corrected chi connectivity index (χ3v) is 7.77. The molecule has 1 saturated heterocycles. The maximum atomic E-state index is 12.1. The highest BCUT2D eigenvalue weighted by molar-refractivity contribution is 7.80. The van der Waals surface area contributed by atoms with Crippen LogP contribution in [-0.4, -0.2) is 40.7 Å². The van der Waals surface area contributed by atoms with E-state index in [0.29, 0.717) is 5.11 Å². The number of carbonyl (C=O) groups is 1. The van der Waals surface area contributed by atoms with Gasteiger partial charge in [0, 0.05) is 37.9 Å². The number of likely N-dealkylation sites (tertiary alicyclic amines) is 1. The number of rotatable bonds is 4. The van der Waals surface area contributed by atoms with Gasteiger partial charge in [-0.2, -0.15) is 0 Å². The Morgan fingerprint density at radius 2 is 1.54 bits per heavy atom. The maximum absolute atomic E-state index is 12.1. The van der Waals surface area contributed by atoms with Crippen molar-refractivity contribution in [2.45, 2.75) is 31.8 Å². The van der Waals surface area contributed by atoms with Gasteiger partial charge in [0.05, 0.1) is 0 Å². The third-order valence-electron chi connectivity index (χ3n) is 7.41. The molecule has 0 radical (unpaired) electrons. The number of hydrogen-bond acceptors (Lipinski definition) is 3. The van der Waals surface area contributed by atoms with Crippen molar-refractivity contribution in [3.63, 3.8) is 0 Å². The Morgan fingerprint density at radius 1 is 0.943 bits per heavy atom. The van der Waals surface area contributed by atoms with Crippen molar-refractivity contribution < 1.29 is 9.90 Å². The molecule has 3 aromatic rings. The van der Waals surface area contributed by atoms with Crippen LogP contribution in [0.2, 0.25) is 0 Å².